The summed E-state index contributed by atoms with van der Waals surface area (Å²) in [4.78, 5) is 15.8. The molecule has 1 fully saturated rings. The molecule has 3 aromatic rings. The molecule has 0 aliphatic carbocycles. The van der Waals surface area contributed by atoms with Crippen molar-refractivity contribution in [1.29, 1.82) is 0 Å². The molecule has 0 bridgehead atoms. The maximum absolute atomic E-state index is 12.8. The lowest BCUT2D eigenvalue weighted by atomic mass is 10.0. The number of rotatable bonds is 5. The van der Waals surface area contributed by atoms with Crippen LogP contribution in [-0.2, 0) is 11.3 Å². The summed E-state index contributed by atoms with van der Waals surface area (Å²) in [7, 11) is 1.89. The van der Waals surface area contributed by atoms with Crippen molar-refractivity contribution in [3.05, 3.63) is 59.6 Å². The SMILES string of the molecule is CN(Cc1cn(-c2ccccc2)nc1-c1cccs1)C(=O)C1CCCCN1. The Morgan fingerprint density at radius 3 is 2.81 bits per heavy atom. The Morgan fingerprint density at radius 1 is 1.26 bits per heavy atom. The van der Waals surface area contributed by atoms with Gasteiger partial charge in [-0.2, -0.15) is 5.10 Å². The molecule has 140 valence electrons. The number of thiophene rings is 1. The van der Waals surface area contributed by atoms with Gasteiger partial charge in [-0.15, -0.1) is 11.3 Å². The maximum atomic E-state index is 12.8. The van der Waals surface area contributed by atoms with E-state index in [4.69, 9.17) is 5.10 Å². The predicted molar refractivity (Wildman–Crippen MR) is 109 cm³/mol. The molecule has 2 aromatic heterocycles. The summed E-state index contributed by atoms with van der Waals surface area (Å²) in [5.74, 6) is 0.166. The number of benzene rings is 1. The van der Waals surface area contributed by atoms with E-state index in [1.54, 1.807) is 11.3 Å². The van der Waals surface area contributed by atoms with Gasteiger partial charge in [0.05, 0.1) is 16.6 Å². The van der Waals surface area contributed by atoms with E-state index in [0.717, 1.165) is 47.6 Å². The molecule has 1 atom stereocenters. The van der Waals surface area contributed by atoms with E-state index in [0.29, 0.717) is 6.54 Å². The molecule has 4 rings (SSSR count). The average Bonchev–Trinajstić information content (AvgIpc) is 3.38. The monoisotopic (exact) mass is 380 g/mol. The topological polar surface area (TPSA) is 50.2 Å². The van der Waals surface area contributed by atoms with Crippen molar-refractivity contribution in [3.8, 4) is 16.3 Å². The summed E-state index contributed by atoms with van der Waals surface area (Å²) in [5.41, 5.74) is 3.03. The molecular formula is C21H24N4OS. The van der Waals surface area contributed by atoms with Crippen molar-refractivity contribution in [3.63, 3.8) is 0 Å². The number of nitrogens with zero attached hydrogens (tertiary/aromatic N) is 3. The van der Waals surface area contributed by atoms with Crippen LogP contribution in [0.1, 0.15) is 24.8 Å². The van der Waals surface area contributed by atoms with Crippen molar-refractivity contribution in [2.45, 2.75) is 31.8 Å². The van der Waals surface area contributed by atoms with Gasteiger partial charge in [-0.05, 0) is 43.0 Å². The molecule has 27 heavy (non-hydrogen) atoms. The molecule has 0 spiro atoms. The highest BCUT2D eigenvalue weighted by Gasteiger charge is 2.25. The van der Waals surface area contributed by atoms with Crippen LogP contribution in [0.4, 0.5) is 0 Å². The van der Waals surface area contributed by atoms with E-state index in [9.17, 15) is 4.79 Å². The second-order valence-electron chi connectivity index (χ2n) is 6.96. The van der Waals surface area contributed by atoms with E-state index < -0.39 is 0 Å². The van der Waals surface area contributed by atoms with Crippen LogP contribution >= 0.6 is 11.3 Å². The number of carbonyl (C=O) groups is 1. The number of piperidine rings is 1. The van der Waals surface area contributed by atoms with Crippen LogP contribution < -0.4 is 5.32 Å². The highest BCUT2D eigenvalue weighted by atomic mass is 32.1. The second kappa shape index (κ2) is 8.06. The minimum absolute atomic E-state index is 0.0573. The van der Waals surface area contributed by atoms with Gasteiger partial charge in [0.25, 0.3) is 0 Å². The average molecular weight is 381 g/mol. The predicted octanol–water partition coefficient (Wildman–Crippen LogP) is 3.70. The Balaban J connectivity index is 1.60. The highest BCUT2D eigenvalue weighted by Crippen LogP contribution is 2.28. The zero-order valence-electron chi connectivity index (χ0n) is 15.5. The van der Waals surface area contributed by atoms with Gasteiger partial charge in [-0.3, -0.25) is 4.79 Å². The molecule has 1 aliphatic heterocycles. The molecule has 1 amide bonds. The Labute approximate surface area is 163 Å². The zero-order chi connectivity index (χ0) is 18.6. The fraction of sp³-hybridized carbons (Fsp3) is 0.333. The van der Waals surface area contributed by atoms with Gasteiger partial charge in [-0.25, -0.2) is 4.68 Å². The standard InChI is InChI=1S/C21H24N4OS/c1-24(21(26)18-10-5-6-12-22-18)14-16-15-25(17-8-3-2-4-9-17)23-20(16)19-11-7-13-27-19/h2-4,7-9,11,13,15,18,22H,5-6,10,12,14H2,1H3. The second-order valence-corrected chi connectivity index (χ2v) is 7.90. The number of amides is 1. The number of nitrogens with one attached hydrogen (secondary N) is 1. The van der Waals surface area contributed by atoms with Crippen LogP contribution in [0.5, 0.6) is 0 Å². The highest BCUT2D eigenvalue weighted by molar-refractivity contribution is 7.13. The molecule has 1 unspecified atom stereocenters. The lowest BCUT2D eigenvalue weighted by molar-refractivity contribution is -0.133. The largest absolute Gasteiger partial charge is 0.340 e. The summed E-state index contributed by atoms with van der Waals surface area (Å²) in [6.07, 6.45) is 5.23. The molecule has 0 radical (unpaired) electrons. The van der Waals surface area contributed by atoms with Gasteiger partial charge in [0, 0.05) is 25.4 Å². The zero-order valence-corrected chi connectivity index (χ0v) is 16.3. The molecule has 1 saturated heterocycles. The lowest BCUT2D eigenvalue weighted by Gasteiger charge is -2.27. The molecule has 1 aliphatic rings. The number of hydrogen-bond acceptors (Lipinski definition) is 4. The van der Waals surface area contributed by atoms with Crippen LogP contribution in [0, 0.1) is 0 Å². The van der Waals surface area contributed by atoms with E-state index in [1.165, 1.54) is 0 Å². The number of hydrogen-bond donors (Lipinski definition) is 1. The first kappa shape index (κ1) is 17.9. The molecule has 0 saturated carbocycles. The first-order chi connectivity index (χ1) is 13.2. The molecule has 6 heteroatoms. The first-order valence-corrected chi connectivity index (χ1v) is 10.3. The molecular weight excluding hydrogens is 356 g/mol. The molecule has 5 nitrogen and oxygen atoms in total. The molecule has 1 N–H and O–H groups in total. The van der Waals surface area contributed by atoms with Crippen LogP contribution in [0.25, 0.3) is 16.3 Å². The molecule has 3 heterocycles. The van der Waals surface area contributed by atoms with Gasteiger partial charge in [-0.1, -0.05) is 30.7 Å². The number of para-hydroxylation sites is 1. The van der Waals surface area contributed by atoms with Crippen LogP contribution in [0.15, 0.2) is 54.0 Å². The van der Waals surface area contributed by atoms with E-state index in [-0.39, 0.29) is 11.9 Å². The Kier molecular flexibility index (Phi) is 5.36. The summed E-state index contributed by atoms with van der Waals surface area (Å²) < 4.78 is 1.90. The molecule has 1 aromatic carbocycles. The van der Waals surface area contributed by atoms with Gasteiger partial charge in [0.1, 0.15) is 5.69 Å². The van der Waals surface area contributed by atoms with Gasteiger partial charge >= 0.3 is 0 Å². The maximum Gasteiger partial charge on any atom is 0.239 e. The van der Waals surface area contributed by atoms with Crippen molar-refractivity contribution >= 4 is 17.2 Å². The Morgan fingerprint density at radius 2 is 2.11 bits per heavy atom. The van der Waals surface area contributed by atoms with Gasteiger partial charge in [0.2, 0.25) is 5.91 Å². The quantitative estimate of drug-likeness (QED) is 0.734. The fourth-order valence-corrected chi connectivity index (χ4v) is 4.27. The minimum Gasteiger partial charge on any atom is -0.340 e. The van der Waals surface area contributed by atoms with Gasteiger partial charge in [0.15, 0.2) is 0 Å². The van der Waals surface area contributed by atoms with E-state index in [2.05, 4.69) is 16.8 Å². The van der Waals surface area contributed by atoms with Crippen molar-refractivity contribution in [1.82, 2.24) is 20.0 Å². The fourth-order valence-electron chi connectivity index (χ4n) is 3.52. The lowest BCUT2D eigenvalue weighted by Crippen LogP contribution is -2.47. The summed E-state index contributed by atoms with van der Waals surface area (Å²) in [5, 5.41) is 10.2. The van der Waals surface area contributed by atoms with E-state index >= 15 is 0 Å². The van der Waals surface area contributed by atoms with Crippen LogP contribution in [0.2, 0.25) is 0 Å². The normalized spacial score (nSPS) is 17.0. The first-order valence-electron chi connectivity index (χ1n) is 9.38. The van der Waals surface area contributed by atoms with E-state index in [1.807, 2.05) is 59.2 Å². The smallest absolute Gasteiger partial charge is 0.239 e. The number of likely N-dealkylation sites (N-methyl/N-ethyl adjacent to an activating group) is 1. The summed E-state index contributed by atoms with van der Waals surface area (Å²) in [6, 6.07) is 14.1. The Bertz CT molecular complexity index is 882. The third-order valence-electron chi connectivity index (χ3n) is 4.96. The van der Waals surface area contributed by atoms with Crippen LogP contribution in [-0.4, -0.2) is 40.2 Å². The minimum atomic E-state index is -0.0573. The third-order valence-corrected chi connectivity index (χ3v) is 5.83. The number of carbonyl (C=O) groups excluding carboxylic acids is 1. The van der Waals surface area contributed by atoms with Crippen molar-refractivity contribution in [2.24, 2.45) is 0 Å². The van der Waals surface area contributed by atoms with Crippen LogP contribution in [0.3, 0.4) is 0 Å². The Hall–Kier alpha value is -2.44. The summed E-state index contributed by atoms with van der Waals surface area (Å²) >= 11 is 1.67. The summed E-state index contributed by atoms with van der Waals surface area (Å²) in [6.45, 7) is 1.48. The van der Waals surface area contributed by atoms with Gasteiger partial charge < -0.3 is 10.2 Å². The van der Waals surface area contributed by atoms with Crippen molar-refractivity contribution < 1.29 is 4.79 Å². The number of aromatic nitrogens is 2. The third kappa shape index (κ3) is 3.96. The van der Waals surface area contributed by atoms with Crippen molar-refractivity contribution in [2.75, 3.05) is 13.6 Å².